The standard InChI is InChI=1S/C25H25N2O3P/c1-27-18-20(30-25(27)29)17-26-24(28)19-31(21-11-5-2-6-12-21,22-13-7-3-8-14-22)23-15-9-4-10-16-23/h2-16,19-20H,17-18H2,1H3,(H,26,28). The fraction of sp³-hybridized carbons (Fsp3) is 0.160. The molecule has 158 valence electrons. The normalized spacial score (nSPS) is 16.0. The zero-order chi connectivity index (χ0) is 21.7. The Morgan fingerprint density at radius 3 is 1.77 bits per heavy atom. The predicted molar refractivity (Wildman–Crippen MR) is 127 cm³/mol. The summed E-state index contributed by atoms with van der Waals surface area (Å²) in [5.74, 6) is 1.67. The highest BCUT2D eigenvalue weighted by Crippen LogP contribution is 2.43. The first-order valence-electron chi connectivity index (χ1n) is 10.2. The molecule has 1 aliphatic rings. The van der Waals surface area contributed by atoms with Crippen molar-refractivity contribution in [2.75, 3.05) is 20.1 Å². The Balaban J connectivity index is 1.78. The van der Waals surface area contributed by atoms with Gasteiger partial charge in [0.25, 0.3) is 0 Å². The SMILES string of the molecule is CN1CC(CNC(=O)C=P(c2ccccc2)(c2ccccc2)c2ccccc2)OC1=O. The minimum Gasteiger partial charge on any atom is -0.442 e. The molecular formula is C25H25N2O3P. The zero-order valence-corrected chi connectivity index (χ0v) is 18.2. The lowest BCUT2D eigenvalue weighted by molar-refractivity contribution is -0.114. The highest BCUT2D eigenvalue weighted by atomic mass is 31.2. The van der Waals surface area contributed by atoms with Gasteiger partial charge in [-0.1, -0.05) is 91.0 Å². The highest BCUT2D eigenvalue weighted by Gasteiger charge is 2.29. The number of hydrogen-bond donors (Lipinski definition) is 1. The molecule has 3 aromatic carbocycles. The molecule has 0 radical (unpaired) electrons. The van der Waals surface area contributed by atoms with Crippen LogP contribution in [0.15, 0.2) is 91.0 Å². The van der Waals surface area contributed by atoms with E-state index in [1.165, 1.54) is 4.90 Å². The molecule has 31 heavy (non-hydrogen) atoms. The van der Waals surface area contributed by atoms with Crippen LogP contribution in [0.5, 0.6) is 0 Å². The maximum Gasteiger partial charge on any atom is 0.410 e. The van der Waals surface area contributed by atoms with Gasteiger partial charge in [-0.2, -0.15) is 0 Å². The Hall–Kier alpha value is -3.30. The molecule has 2 amide bonds. The van der Waals surface area contributed by atoms with Crippen LogP contribution < -0.4 is 21.2 Å². The second-order valence-electron chi connectivity index (χ2n) is 7.49. The van der Waals surface area contributed by atoms with Crippen molar-refractivity contribution < 1.29 is 14.3 Å². The molecule has 1 saturated heterocycles. The van der Waals surface area contributed by atoms with Crippen molar-refractivity contribution in [1.29, 1.82) is 0 Å². The molecule has 1 atom stereocenters. The van der Waals surface area contributed by atoms with Crippen molar-refractivity contribution in [3.63, 3.8) is 0 Å². The van der Waals surface area contributed by atoms with Gasteiger partial charge in [0.05, 0.1) is 13.1 Å². The molecule has 1 unspecified atom stereocenters. The van der Waals surface area contributed by atoms with Crippen LogP contribution in [0.2, 0.25) is 0 Å². The summed E-state index contributed by atoms with van der Waals surface area (Å²) in [6.07, 6.45) is -0.698. The van der Waals surface area contributed by atoms with Crippen LogP contribution in [0.4, 0.5) is 4.79 Å². The molecule has 5 nitrogen and oxygen atoms in total. The van der Waals surface area contributed by atoms with Crippen LogP contribution in [-0.4, -0.2) is 48.9 Å². The van der Waals surface area contributed by atoms with Gasteiger partial charge in [-0.3, -0.25) is 4.79 Å². The number of hydrogen-bond acceptors (Lipinski definition) is 3. The number of rotatable bonds is 6. The summed E-state index contributed by atoms with van der Waals surface area (Å²) in [6.45, 7) is -1.60. The predicted octanol–water partition coefficient (Wildman–Crippen LogP) is 2.35. The van der Waals surface area contributed by atoms with Crippen LogP contribution in [0, 0.1) is 0 Å². The summed E-state index contributed by atoms with van der Waals surface area (Å²) in [5, 5.41) is 6.28. The Labute approximate surface area is 182 Å². The molecule has 1 N–H and O–H groups in total. The third-order valence-corrected chi connectivity index (χ3v) is 9.32. The summed E-state index contributed by atoms with van der Waals surface area (Å²) in [5.41, 5.74) is 0. The van der Waals surface area contributed by atoms with E-state index in [0.717, 1.165) is 15.9 Å². The second kappa shape index (κ2) is 9.23. The Kier molecular flexibility index (Phi) is 6.24. The largest absolute Gasteiger partial charge is 0.442 e. The van der Waals surface area contributed by atoms with Crippen LogP contribution in [-0.2, 0) is 9.53 Å². The Morgan fingerprint density at radius 2 is 1.39 bits per heavy atom. The summed E-state index contributed by atoms with van der Waals surface area (Å²) >= 11 is 0. The van der Waals surface area contributed by atoms with Gasteiger partial charge < -0.3 is 15.0 Å². The number of amides is 2. The van der Waals surface area contributed by atoms with E-state index >= 15 is 0 Å². The van der Waals surface area contributed by atoms with Crippen molar-refractivity contribution in [3.05, 3.63) is 91.0 Å². The van der Waals surface area contributed by atoms with Crippen molar-refractivity contribution in [2.24, 2.45) is 0 Å². The lowest BCUT2D eigenvalue weighted by atomic mass is 10.3. The first-order chi connectivity index (χ1) is 15.1. The number of cyclic esters (lactones) is 1. The van der Waals surface area contributed by atoms with Gasteiger partial charge in [0.1, 0.15) is 6.10 Å². The van der Waals surface area contributed by atoms with Gasteiger partial charge in [0, 0.05) is 12.8 Å². The molecule has 0 aromatic heterocycles. The maximum absolute atomic E-state index is 13.2. The summed E-state index contributed by atoms with van der Waals surface area (Å²) < 4.78 is 5.28. The summed E-state index contributed by atoms with van der Waals surface area (Å²) in [6, 6.07) is 30.5. The molecule has 4 rings (SSSR count). The quantitative estimate of drug-likeness (QED) is 0.609. The number of nitrogens with zero attached hydrogens (tertiary/aromatic N) is 1. The van der Waals surface area contributed by atoms with E-state index < -0.39 is 6.89 Å². The van der Waals surface area contributed by atoms with Gasteiger partial charge in [-0.15, -0.1) is 0 Å². The van der Waals surface area contributed by atoms with E-state index in [1.54, 1.807) is 7.05 Å². The first kappa shape index (κ1) is 21.0. The van der Waals surface area contributed by atoms with E-state index in [1.807, 2.05) is 60.4 Å². The Bertz CT molecular complexity index is 998. The number of benzene rings is 3. The number of ether oxygens (including phenoxy) is 1. The molecule has 1 aliphatic heterocycles. The lowest BCUT2D eigenvalue weighted by Crippen LogP contribution is -2.37. The first-order valence-corrected chi connectivity index (χ1v) is 12.1. The topological polar surface area (TPSA) is 58.6 Å². The Morgan fingerprint density at radius 1 is 0.935 bits per heavy atom. The molecule has 0 aliphatic carbocycles. The molecule has 1 heterocycles. The fourth-order valence-electron chi connectivity index (χ4n) is 3.85. The summed E-state index contributed by atoms with van der Waals surface area (Å²) in [7, 11) is 1.69. The number of likely N-dealkylation sites (N-methyl/N-ethyl adjacent to an activating group) is 1. The second-order valence-corrected chi connectivity index (χ2v) is 10.7. The lowest BCUT2D eigenvalue weighted by Gasteiger charge is -2.28. The fourth-order valence-corrected chi connectivity index (χ4v) is 7.56. The van der Waals surface area contributed by atoms with Crippen molar-refractivity contribution in [1.82, 2.24) is 10.2 Å². The molecule has 0 saturated carbocycles. The average Bonchev–Trinajstić information content (AvgIpc) is 3.15. The number of nitrogens with one attached hydrogen (secondary N) is 1. The van der Waals surface area contributed by atoms with Gasteiger partial charge in [0.2, 0.25) is 5.91 Å². The molecular weight excluding hydrogens is 407 g/mol. The van der Waals surface area contributed by atoms with Crippen LogP contribution in [0.25, 0.3) is 0 Å². The van der Waals surface area contributed by atoms with Crippen molar-refractivity contribution in [2.45, 2.75) is 6.10 Å². The molecule has 0 bridgehead atoms. The van der Waals surface area contributed by atoms with E-state index in [4.69, 9.17) is 4.74 Å². The monoisotopic (exact) mass is 432 g/mol. The zero-order valence-electron chi connectivity index (χ0n) is 17.3. The van der Waals surface area contributed by atoms with Crippen LogP contribution in [0.1, 0.15) is 0 Å². The highest BCUT2D eigenvalue weighted by molar-refractivity contribution is 7.95. The van der Waals surface area contributed by atoms with Gasteiger partial charge in [0.15, 0.2) is 0 Å². The molecule has 1 fully saturated rings. The van der Waals surface area contributed by atoms with E-state index in [0.29, 0.717) is 6.54 Å². The number of carbonyl (C=O) groups excluding carboxylic acids is 2. The summed E-state index contributed by atoms with van der Waals surface area (Å²) in [4.78, 5) is 26.3. The molecule has 6 heteroatoms. The van der Waals surface area contributed by atoms with Gasteiger partial charge >= 0.3 is 6.09 Å². The average molecular weight is 432 g/mol. The molecule has 3 aromatic rings. The van der Waals surface area contributed by atoms with E-state index in [9.17, 15) is 9.59 Å². The van der Waals surface area contributed by atoms with Crippen LogP contribution >= 0.6 is 6.89 Å². The van der Waals surface area contributed by atoms with Crippen molar-refractivity contribution in [3.8, 4) is 0 Å². The van der Waals surface area contributed by atoms with Gasteiger partial charge in [-0.05, 0) is 22.8 Å². The van der Waals surface area contributed by atoms with Gasteiger partial charge in [-0.25, -0.2) is 4.79 Å². The van der Waals surface area contributed by atoms with E-state index in [2.05, 4.69) is 41.7 Å². The van der Waals surface area contributed by atoms with Crippen LogP contribution in [0.3, 0.4) is 0 Å². The van der Waals surface area contributed by atoms with E-state index in [-0.39, 0.29) is 24.6 Å². The molecule has 0 spiro atoms. The third-order valence-electron chi connectivity index (χ3n) is 5.36. The smallest absolute Gasteiger partial charge is 0.410 e. The minimum absolute atomic E-state index is 0.171. The van der Waals surface area contributed by atoms with Crippen molar-refractivity contribution >= 4 is 40.6 Å². The number of carbonyl (C=O) groups is 2. The maximum atomic E-state index is 13.2. The third kappa shape index (κ3) is 4.42. The minimum atomic E-state index is -2.35.